The number of hydrogen-bond donors (Lipinski definition) is 1. The molecule has 0 radical (unpaired) electrons. The van der Waals surface area contributed by atoms with Crippen molar-refractivity contribution < 1.29 is 4.74 Å². The van der Waals surface area contributed by atoms with E-state index in [1.165, 1.54) is 70.6 Å². The molecule has 3 atom stereocenters. The van der Waals surface area contributed by atoms with Crippen LogP contribution in [0.1, 0.15) is 70.6 Å². The van der Waals surface area contributed by atoms with Crippen LogP contribution in [0.2, 0.25) is 0 Å². The van der Waals surface area contributed by atoms with Crippen molar-refractivity contribution in [2.24, 2.45) is 11.7 Å². The lowest BCUT2D eigenvalue weighted by atomic mass is 9.76. The Kier molecular flexibility index (Phi) is 5.23. The Morgan fingerprint density at radius 1 is 1.05 bits per heavy atom. The lowest BCUT2D eigenvalue weighted by molar-refractivity contribution is -0.128. The monoisotopic (exact) mass is 294 g/mol. The van der Waals surface area contributed by atoms with Crippen molar-refractivity contribution in [2.75, 3.05) is 20.2 Å². The second-order valence-corrected chi connectivity index (χ2v) is 7.75. The van der Waals surface area contributed by atoms with E-state index < -0.39 is 0 Å². The Labute approximate surface area is 130 Å². The quantitative estimate of drug-likeness (QED) is 0.868. The second-order valence-electron chi connectivity index (χ2n) is 7.75. The van der Waals surface area contributed by atoms with Gasteiger partial charge in [-0.3, -0.25) is 4.90 Å². The third kappa shape index (κ3) is 3.46. The van der Waals surface area contributed by atoms with Gasteiger partial charge in [0, 0.05) is 18.7 Å². The molecule has 1 aliphatic heterocycles. The first kappa shape index (κ1) is 15.8. The molecule has 1 heterocycles. The van der Waals surface area contributed by atoms with Gasteiger partial charge in [0.15, 0.2) is 0 Å². The molecule has 3 rings (SSSR count). The molecule has 2 aliphatic carbocycles. The molecular weight excluding hydrogens is 260 g/mol. The Balaban J connectivity index is 1.64. The summed E-state index contributed by atoms with van der Waals surface area (Å²) in [5.74, 6) is 0.717. The molecule has 2 saturated carbocycles. The SMILES string of the molecule is CN(C1CCOC2(CCCCC2)C1)C1CCCCC1CN. The van der Waals surface area contributed by atoms with Crippen LogP contribution in [0.15, 0.2) is 0 Å². The number of nitrogens with zero attached hydrogens (tertiary/aromatic N) is 1. The fraction of sp³-hybridized carbons (Fsp3) is 1.00. The molecule has 3 nitrogen and oxygen atoms in total. The Morgan fingerprint density at radius 3 is 2.57 bits per heavy atom. The molecule has 3 unspecified atom stereocenters. The van der Waals surface area contributed by atoms with Gasteiger partial charge in [0.05, 0.1) is 5.60 Å². The second kappa shape index (κ2) is 6.97. The van der Waals surface area contributed by atoms with Gasteiger partial charge in [0.1, 0.15) is 0 Å². The van der Waals surface area contributed by atoms with Crippen LogP contribution >= 0.6 is 0 Å². The zero-order valence-electron chi connectivity index (χ0n) is 13.9. The fourth-order valence-corrected chi connectivity index (χ4v) is 5.16. The number of rotatable bonds is 3. The summed E-state index contributed by atoms with van der Waals surface area (Å²) in [5.41, 5.74) is 6.27. The first-order chi connectivity index (χ1) is 10.2. The Hall–Kier alpha value is -0.120. The maximum atomic E-state index is 6.28. The minimum absolute atomic E-state index is 0.225. The van der Waals surface area contributed by atoms with Crippen LogP contribution in [0, 0.1) is 5.92 Å². The smallest absolute Gasteiger partial charge is 0.0697 e. The van der Waals surface area contributed by atoms with E-state index in [0.717, 1.165) is 13.2 Å². The van der Waals surface area contributed by atoms with E-state index in [2.05, 4.69) is 11.9 Å². The normalized spacial score (nSPS) is 37.0. The van der Waals surface area contributed by atoms with Crippen LogP contribution in [0.3, 0.4) is 0 Å². The molecule has 0 aromatic rings. The zero-order chi connectivity index (χ0) is 14.7. The largest absolute Gasteiger partial charge is 0.375 e. The predicted molar refractivity (Wildman–Crippen MR) is 87.4 cm³/mol. The van der Waals surface area contributed by atoms with E-state index in [4.69, 9.17) is 10.5 Å². The summed E-state index contributed by atoms with van der Waals surface area (Å²) >= 11 is 0. The molecule has 3 heteroatoms. The van der Waals surface area contributed by atoms with E-state index in [1.807, 2.05) is 0 Å². The average Bonchev–Trinajstić information content (AvgIpc) is 2.55. The molecule has 0 amide bonds. The van der Waals surface area contributed by atoms with Gasteiger partial charge in [-0.1, -0.05) is 32.1 Å². The van der Waals surface area contributed by atoms with Crippen LogP contribution < -0.4 is 5.73 Å². The fourth-order valence-electron chi connectivity index (χ4n) is 5.16. The Morgan fingerprint density at radius 2 is 1.81 bits per heavy atom. The van der Waals surface area contributed by atoms with Crippen molar-refractivity contribution in [1.82, 2.24) is 4.90 Å². The van der Waals surface area contributed by atoms with Gasteiger partial charge in [-0.25, -0.2) is 0 Å². The minimum Gasteiger partial charge on any atom is -0.375 e. The summed E-state index contributed by atoms with van der Waals surface area (Å²) in [4.78, 5) is 2.70. The van der Waals surface area contributed by atoms with Gasteiger partial charge in [0.2, 0.25) is 0 Å². The molecule has 21 heavy (non-hydrogen) atoms. The summed E-state index contributed by atoms with van der Waals surface area (Å²) in [7, 11) is 2.37. The molecule has 3 fully saturated rings. The van der Waals surface area contributed by atoms with Crippen LogP contribution in [0.5, 0.6) is 0 Å². The lowest BCUT2D eigenvalue weighted by Crippen LogP contribution is -2.53. The van der Waals surface area contributed by atoms with Gasteiger partial charge in [-0.05, 0) is 58.0 Å². The number of hydrogen-bond acceptors (Lipinski definition) is 3. The molecule has 1 spiro atoms. The molecule has 3 aliphatic rings. The lowest BCUT2D eigenvalue weighted by Gasteiger charge is -2.49. The molecule has 0 aromatic heterocycles. The summed E-state index contributed by atoms with van der Waals surface area (Å²) in [6, 6.07) is 1.43. The van der Waals surface area contributed by atoms with E-state index in [0.29, 0.717) is 18.0 Å². The summed E-state index contributed by atoms with van der Waals surface area (Å²) in [6.45, 7) is 1.83. The van der Waals surface area contributed by atoms with Crippen LogP contribution in [-0.4, -0.2) is 42.8 Å². The molecule has 0 aromatic carbocycles. The molecule has 1 saturated heterocycles. The van der Waals surface area contributed by atoms with Gasteiger partial charge in [0.25, 0.3) is 0 Å². The number of nitrogens with two attached hydrogens (primary N) is 1. The molecule has 122 valence electrons. The van der Waals surface area contributed by atoms with Crippen molar-refractivity contribution in [3.63, 3.8) is 0 Å². The van der Waals surface area contributed by atoms with Crippen molar-refractivity contribution in [3.05, 3.63) is 0 Å². The topological polar surface area (TPSA) is 38.5 Å². The van der Waals surface area contributed by atoms with Crippen molar-refractivity contribution >= 4 is 0 Å². The van der Waals surface area contributed by atoms with E-state index in [-0.39, 0.29) is 5.60 Å². The third-order valence-electron chi connectivity index (χ3n) is 6.50. The highest BCUT2D eigenvalue weighted by molar-refractivity contribution is 4.95. The van der Waals surface area contributed by atoms with Crippen molar-refractivity contribution in [3.8, 4) is 0 Å². The van der Waals surface area contributed by atoms with Crippen molar-refractivity contribution in [2.45, 2.75) is 88.3 Å². The van der Waals surface area contributed by atoms with Crippen LogP contribution in [-0.2, 0) is 4.74 Å². The highest BCUT2D eigenvalue weighted by atomic mass is 16.5. The molecule has 2 N–H and O–H groups in total. The molecular formula is C18H34N2O. The van der Waals surface area contributed by atoms with Gasteiger partial charge >= 0.3 is 0 Å². The summed E-state index contributed by atoms with van der Waals surface area (Å²) < 4.78 is 6.28. The minimum atomic E-state index is 0.225. The summed E-state index contributed by atoms with van der Waals surface area (Å²) in [6.07, 6.45) is 14.7. The maximum Gasteiger partial charge on any atom is 0.0697 e. The van der Waals surface area contributed by atoms with Gasteiger partial charge < -0.3 is 10.5 Å². The third-order valence-corrected chi connectivity index (χ3v) is 6.50. The first-order valence-electron chi connectivity index (χ1n) is 9.30. The van der Waals surface area contributed by atoms with Crippen molar-refractivity contribution in [1.29, 1.82) is 0 Å². The zero-order valence-corrected chi connectivity index (χ0v) is 13.9. The highest BCUT2D eigenvalue weighted by Gasteiger charge is 2.41. The maximum absolute atomic E-state index is 6.28. The Bertz CT molecular complexity index is 322. The first-order valence-corrected chi connectivity index (χ1v) is 9.30. The van der Waals surface area contributed by atoms with E-state index in [1.54, 1.807) is 0 Å². The standard InChI is InChI=1S/C18H34N2O/c1-20(17-8-4-3-7-15(17)14-19)16-9-12-21-18(13-16)10-5-2-6-11-18/h15-17H,2-14,19H2,1H3. The van der Waals surface area contributed by atoms with E-state index >= 15 is 0 Å². The molecule has 0 bridgehead atoms. The van der Waals surface area contributed by atoms with Crippen LogP contribution in [0.4, 0.5) is 0 Å². The van der Waals surface area contributed by atoms with Gasteiger partial charge in [-0.2, -0.15) is 0 Å². The van der Waals surface area contributed by atoms with Gasteiger partial charge in [-0.15, -0.1) is 0 Å². The van der Waals surface area contributed by atoms with Crippen LogP contribution in [0.25, 0.3) is 0 Å². The highest BCUT2D eigenvalue weighted by Crippen LogP contribution is 2.41. The predicted octanol–water partition coefficient (Wildman–Crippen LogP) is 3.32. The summed E-state index contributed by atoms with van der Waals surface area (Å²) in [5, 5.41) is 0. The van der Waals surface area contributed by atoms with E-state index in [9.17, 15) is 0 Å². The average molecular weight is 294 g/mol. The number of ether oxygens (including phenoxy) is 1.